The second kappa shape index (κ2) is 7.75. The first-order valence-corrected chi connectivity index (χ1v) is 8.07. The summed E-state index contributed by atoms with van der Waals surface area (Å²) in [6, 6.07) is 13.8. The quantitative estimate of drug-likeness (QED) is 0.578. The largest absolute Gasteiger partial charge is 0.348 e. The smallest absolute Gasteiger partial charge is 0.252 e. The molecule has 5 heteroatoms. The van der Waals surface area contributed by atoms with Crippen LogP contribution in [-0.2, 0) is 6.42 Å². The number of amides is 1. The van der Waals surface area contributed by atoms with Crippen LogP contribution in [0, 0.1) is 9.39 Å². The molecule has 1 amide bonds. The van der Waals surface area contributed by atoms with E-state index in [1.807, 2.05) is 52.9 Å². The van der Waals surface area contributed by atoms with E-state index in [1.165, 1.54) is 18.2 Å². The number of benzene rings is 2. The molecule has 0 fully saturated rings. The zero-order valence-corrected chi connectivity index (χ0v) is 14.1. The number of halogens is 3. The molecule has 0 aliphatic rings. The average molecular weight is 418 g/mol. The lowest BCUT2D eigenvalue weighted by Crippen LogP contribution is -2.38. The summed E-state index contributed by atoms with van der Waals surface area (Å²) >= 11 is 7.89. The van der Waals surface area contributed by atoms with Gasteiger partial charge in [0.15, 0.2) is 0 Å². The maximum absolute atomic E-state index is 13.1. The van der Waals surface area contributed by atoms with Gasteiger partial charge in [-0.3, -0.25) is 4.79 Å². The van der Waals surface area contributed by atoms with Crippen LogP contribution < -0.4 is 5.32 Å². The first kappa shape index (κ1) is 16.2. The Labute approximate surface area is 141 Å². The second-order valence-electron chi connectivity index (χ2n) is 4.64. The van der Waals surface area contributed by atoms with Gasteiger partial charge in [0, 0.05) is 15.5 Å². The minimum atomic E-state index is -0.353. The zero-order valence-electron chi connectivity index (χ0n) is 11.2. The van der Waals surface area contributed by atoms with Gasteiger partial charge in [-0.1, -0.05) is 30.3 Å². The summed E-state index contributed by atoms with van der Waals surface area (Å²) in [5, 5.41) is 2.89. The van der Waals surface area contributed by atoms with E-state index < -0.39 is 0 Å². The van der Waals surface area contributed by atoms with E-state index in [2.05, 4.69) is 5.32 Å². The summed E-state index contributed by atoms with van der Waals surface area (Å²) in [4.78, 5) is 12.2. The lowest BCUT2D eigenvalue weighted by Gasteiger charge is -2.16. The van der Waals surface area contributed by atoms with Gasteiger partial charge >= 0.3 is 0 Å². The Bertz CT molecular complexity index is 621. The van der Waals surface area contributed by atoms with Gasteiger partial charge in [0.2, 0.25) is 0 Å². The molecule has 0 bridgehead atoms. The van der Waals surface area contributed by atoms with E-state index in [1.54, 1.807) is 0 Å². The van der Waals surface area contributed by atoms with Gasteiger partial charge in [-0.05, 0) is 52.8 Å². The summed E-state index contributed by atoms with van der Waals surface area (Å²) < 4.78 is 13.7. The number of carbonyl (C=O) groups excluding carboxylic acids is 1. The summed E-state index contributed by atoms with van der Waals surface area (Å²) in [5.41, 5.74) is 1.57. The molecule has 0 heterocycles. The highest BCUT2D eigenvalue weighted by Crippen LogP contribution is 2.14. The number of hydrogen-bond donors (Lipinski definition) is 1. The molecule has 0 saturated carbocycles. The fourth-order valence-electron chi connectivity index (χ4n) is 1.98. The zero-order chi connectivity index (χ0) is 15.2. The fraction of sp³-hybridized carbons (Fsp3) is 0.188. The molecule has 0 aliphatic heterocycles. The van der Waals surface area contributed by atoms with Crippen LogP contribution >= 0.6 is 34.2 Å². The Morgan fingerprint density at radius 3 is 2.57 bits per heavy atom. The monoisotopic (exact) mass is 417 g/mol. The van der Waals surface area contributed by atoms with Crippen LogP contribution in [0.4, 0.5) is 4.39 Å². The molecule has 2 nitrogen and oxygen atoms in total. The van der Waals surface area contributed by atoms with E-state index in [0.717, 1.165) is 5.56 Å². The number of carbonyl (C=O) groups is 1. The molecule has 1 atom stereocenters. The number of nitrogens with one attached hydrogen (secondary N) is 1. The highest BCUT2D eigenvalue weighted by molar-refractivity contribution is 14.1. The Morgan fingerprint density at radius 1 is 1.24 bits per heavy atom. The molecule has 2 aromatic carbocycles. The van der Waals surface area contributed by atoms with E-state index >= 15 is 0 Å². The Balaban J connectivity index is 2.06. The van der Waals surface area contributed by atoms with Crippen LogP contribution in [0.3, 0.4) is 0 Å². The van der Waals surface area contributed by atoms with E-state index in [-0.39, 0.29) is 17.8 Å². The normalized spacial score (nSPS) is 12.0. The predicted octanol–water partition coefficient (Wildman–Crippen LogP) is 4.01. The van der Waals surface area contributed by atoms with E-state index in [9.17, 15) is 9.18 Å². The van der Waals surface area contributed by atoms with E-state index in [4.69, 9.17) is 11.6 Å². The molecule has 1 N–H and O–H groups in total. The van der Waals surface area contributed by atoms with Crippen molar-refractivity contribution < 1.29 is 9.18 Å². The Kier molecular flexibility index (Phi) is 5.99. The predicted molar refractivity (Wildman–Crippen MR) is 91.2 cm³/mol. The maximum atomic E-state index is 13.1. The summed E-state index contributed by atoms with van der Waals surface area (Å²) in [6.07, 6.45) is 0.661. The van der Waals surface area contributed by atoms with Crippen LogP contribution in [0.1, 0.15) is 15.9 Å². The second-order valence-corrected chi connectivity index (χ2v) is 6.11. The molecule has 1 unspecified atom stereocenters. The van der Waals surface area contributed by atoms with Crippen molar-refractivity contribution in [1.82, 2.24) is 5.32 Å². The van der Waals surface area contributed by atoms with Gasteiger partial charge in [-0.2, -0.15) is 0 Å². The van der Waals surface area contributed by atoms with Crippen LogP contribution in [0.2, 0.25) is 0 Å². The summed E-state index contributed by atoms with van der Waals surface area (Å²) in [7, 11) is 0. The topological polar surface area (TPSA) is 29.1 Å². The lowest BCUT2D eigenvalue weighted by molar-refractivity contribution is 0.0939. The fourth-order valence-corrected chi connectivity index (χ4v) is 2.89. The van der Waals surface area contributed by atoms with Crippen molar-refractivity contribution in [2.75, 3.05) is 5.88 Å². The van der Waals surface area contributed by atoms with Crippen molar-refractivity contribution in [2.24, 2.45) is 0 Å². The van der Waals surface area contributed by atoms with Crippen molar-refractivity contribution in [1.29, 1.82) is 0 Å². The van der Waals surface area contributed by atoms with Gasteiger partial charge in [-0.25, -0.2) is 4.39 Å². The van der Waals surface area contributed by atoms with Gasteiger partial charge in [-0.15, -0.1) is 11.6 Å². The molecular weight excluding hydrogens is 404 g/mol. The summed E-state index contributed by atoms with van der Waals surface area (Å²) in [5.74, 6) is -0.270. The highest BCUT2D eigenvalue weighted by atomic mass is 127. The molecule has 110 valence electrons. The van der Waals surface area contributed by atoms with Crippen molar-refractivity contribution in [2.45, 2.75) is 12.5 Å². The number of hydrogen-bond acceptors (Lipinski definition) is 1. The molecule has 0 spiro atoms. The maximum Gasteiger partial charge on any atom is 0.252 e. The van der Waals surface area contributed by atoms with Crippen molar-refractivity contribution in [3.8, 4) is 0 Å². The van der Waals surface area contributed by atoms with Crippen LogP contribution in [0.5, 0.6) is 0 Å². The van der Waals surface area contributed by atoms with Crippen LogP contribution in [0.15, 0.2) is 48.5 Å². The van der Waals surface area contributed by atoms with E-state index in [0.29, 0.717) is 21.4 Å². The lowest BCUT2D eigenvalue weighted by atomic mass is 10.1. The SMILES string of the molecule is O=C(NC(CCl)Cc1ccccc1)c1ccc(F)cc1I. The third kappa shape index (κ3) is 4.68. The van der Waals surface area contributed by atoms with Crippen LogP contribution in [-0.4, -0.2) is 17.8 Å². The Hall–Kier alpha value is -1.14. The highest BCUT2D eigenvalue weighted by Gasteiger charge is 2.16. The third-order valence-corrected chi connectivity index (χ3v) is 4.29. The Morgan fingerprint density at radius 2 is 1.95 bits per heavy atom. The van der Waals surface area contributed by atoms with Crippen LogP contribution in [0.25, 0.3) is 0 Å². The molecule has 0 radical (unpaired) electrons. The number of alkyl halides is 1. The van der Waals surface area contributed by atoms with Gasteiger partial charge in [0.1, 0.15) is 5.82 Å². The molecular formula is C16H14ClFINO. The van der Waals surface area contributed by atoms with Gasteiger partial charge < -0.3 is 5.32 Å². The molecule has 2 aromatic rings. The molecule has 0 saturated heterocycles. The van der Waals surface area contributed by atoms with Crippen molar-refractivity contribution in [3.63, 3.8) is 0 Å². The molecule has 2 rings (SSSR count). The average Bonchev–Trinajstić information content (AvgIpc) is 2.47. The summed E-state index contributed by atoms with van der Waals surface area (Å²) in [6.45, 7) is 0. The minimum absolute atomic E-state index is 0.164. The minimum Gasteiger partial charge on any atom is -0.348 e. The standard InChI is InChI=1S/C16H14ClFINO/c17-10-13(8-11-4-2-1-3-5-11)20-16(21)14-7-6-12(18)9-15(14)19/h1-7,9,13H,8,10H2,(H,20,21). The number of rotatable bonds is 5. The van der Waals surface area contributed by atoms with Gasteiger partial charge in [0.25, 0.3) is 5.91 Å². The third-order valence-electron chi connectivity index (χ3n) is 3.02. The van der Waals surface area contributed by atoms with Crippen molar-refractivity contribution >= 4 is 40.1 Å². The first-order valence-electron chi connectivity index (χ1n) is 6.46. The van der Waals surface area contributed by atoms with Crippen molar-refractivity contribution in [3.05, 3.63) is 69.0 Å². The van der Waals surface area contributed by atoms with Gasteiger partial charge in [0.05, 0.1) is 5.56 Å². The molecule has 21 heavy (non-hydrogen) atoms. The molecule has 0 aliphatic carbocycles. The first-order chi connectivity index (χ1) is 10.1. The molecule has 0 aromatic heterocycles.